The second-order valence-electron chi connectivity index (χ2n) is 6.62. The number of fused-ring (bicyclic) bond motifs is 1. The van der Waals surface area contributed by atoms with Crippen LogP contribution in [-0.4, -0.2) is 47.8 Å². The number of nitrogens with zero attached hydrogens (tertiary/aromatic N) is 1. The van der Waals surface area contributed by atoms with E-state index in [1.165, 1.54) is 6.42 Å². The van der Waals surface area contributed by atoms with Gasteiger partial charge in [-0.2, -0.15) is 0 Å². The smallest absolute Gasteiger partial charge is 0.308 e. The van der Waals surface area contributed by atoms with E-state index in [9.17, 15) is 19.2 Å². The van der Waals surface area contributed by atoms with Crippen molar-refractivity contribution in [2.24, 2.45) is 0 Å². The van der Waals surface area contributed by atoms with Gasteiger partial charge in [0.25, 0.3) is 17.7 Å². The van der Waals surface area contributed by atoms with E-state index >= 15 is 0 Å². The zero-order valence-corrected chi connectivity index (χ0v) is 14.5. The lowest BCUT2D eigenvalue weighted by Gasteiger charge is -2.22. The van der Waals surface area contributed by atoms with Crippen molar-refractivity contribution in [1.82, 2.24) is 10.2 Å². The van der Waals surface area contributed by atoms with E-state index in [0.29, 0.717) is 11.1 Å². The molecule has 0 aromatic heterocycles. The fourth-order valence-corrected chi connectivity index (χ4v) is 3.38. The maximum absolute atomic E-state index is 12.2. The third kappa shape index (κ3) is 4.09. The first kappa shape index (κ1) is 18.1. The molecule has 0 bridgehead atoms. The topological polar surface area (TPSA) is 92.8 Å². The van der Waals surface area contributed by atoms with Gasteiger partial charge in [0.05, 0.1) is 17.5 Å². The fraction of sp³-hybridized carbons (Fsp3) is 0.474. The quantitative estimate of drug-likeness (QED) is 0.617. The molecule has 1 heterocycles. The summed E-state index contributed by atoms with van der Waals surface area (Å²) in [7, 11) is 0. The van der Waals surface area contributed by atoms with Crippen LogP contribution in [0.25, 0.3) is 0 Å². The molecule has 1 aromatic rings. The molecule has 1 aromatic carbocycles. The average molecular weight is 358 g/mol. The number of amides is 3. The van der Waals surface area contributed by atoms with E-state index in [0.717, 1.165) is 30.6 Å². The number of hydrogen-bond acceptors (Lipinski definition) is 5. The molecule has 0 unspecified atom stereocenters. The van der Waals surface area contributed by atoms with E-state index in [4.69, 9.17) is 4.74 Å². The van der Waals surface area contributed by atoms with Gasteiger partial charge >= 0.3 is 5.97 Å². The molecule has 1 aliphatic carbocycles. The van der Waals surface area contributed by atoms with Crippen molar-refractivity contribution < 1.29 is 23.9 Å². The Morgan fingerprint density at radius 3 is 2.27 bits per heavy atom. The number of carbonyl (C=O) groups is 4. The molecule has 1 saturated carbocycles. The second-order valence-corrected chi connectivity index (χ2v) is 6.62. The number of nitrogens with one attached hydrogen (secondary N) is 1. The fourth-order valence-electron chi connectivity index (χ4n) is 3.38. The monoisotopic (exact) mass is 358 g/mol. The summed E-state index contributed by atoms with van der Waals surface area (Å²) in [5.74, 6) is -1.74. The van der Waals surface area contributed by atoms with E-state index in [2.05, 4.69) is 5.32 Å². The Morgan fingerprint density at radius 2 is 1.65 bits per heavy atom. The van der Waals surface area contributed by atoms with Crippen molar-refractivity contribution in [3.8, 4) is 0 Å². The van der Waals surface area contributed by atoms with Gasteiger partial charge in [0, 0.05) is 12.6 Å². The molecular weight excluding hydrogens is 336 g/mol. The summed E-state index contributed by atoms with van der Waals surface area (Å²) < 4.78 is 4.95. The van der Waals surface area contributed by atoms with Crippen LogP contribution in [0.5, 0.6) is 0 Å². The average Bonchev–Trinajstić information content (AvgIpc) is 2.90. The van der Waals surface area contributed by atoms with Crippen LogP contribution in [0.15, 0.2) is 24.3 Å². The lowest BCUT2D eigenvalue weighted by Crippen LogP contribution is -2.39. The minimum atomic E-state index is -0.611. The molecule has 3 rings (SSSR count). The normalized spacial score (nSPS) is 17.2. The molecule has 7 heteroatoms. The second kappa shape index (κ2) is 8.12. The van der Waals surface area contributed by atoms with Gasteiger partial charge in [-0.25, -0.2) is 0 Å². The van der Waals surface area contributed by atoms with Crippen LogP contribution in [0.3, 0.4) is 0 Å². The van der Waals surface area contributed by atoms with Gasteiger partial charge in [-0.05, 0) is 25.0 Å². The van der Waals surface area contributed by atoms with E-state index in [1.807, 2.05) is 0 Å². The molecule has 1 aliphatic heterocycles. The highest BCUT2D eigenvalue weighted by Gasteiger charge is 2.35. The number of rotatable bonds is 6. The van der Waals surface area contributed by atoms with Gasteiger partial charge < -0.3 is 10.1 Å². The van der Waals surface area contributed by atoms with Gasteiger partial charge in [0.1, 0.15) is 0 Å². The molecule has 0 radical (unpaired) electrons. The van der Waals surface area contributed by atoms with Crippen molar-refractivity contribution in [3.63, 3.8) is 0 Å². The number of esters is 1. The predicted octanol–water partition coefficient (Wildman–Crippen LogP) is 1.66. The number of hydrogen-bond donors (Lipinski definition) is 1. The summed E-state index contributed by atoms with van der Waals surface area (Å²) in [6.07, 6.45) is 5.18. The largest absolute Gasteiger partial charge is 0.456 e. The van der Waals surface area contributed by atoms with Crippen molar-refractivity contribution in [3.05, 3.63) is 35.4 Å². The van der Waals surface area contributed by atoms with Crippen molar-refractivity contribution in [2.75, 3.05) is 13.2 Å². The Bertz CT molecular complexity index is 689. The maximum Gasteiger partial charge on any atom is 0.308 e. The van der Waals surface area contributed by atoms with Crippen LogP contribution in [0.2, 0.25) is 0 Å². The summed E-state index contributed by atoms with van der Waals surface area (Å²) in [6.45, 7) is -0.396. The highest BCUT2D eigenvalue weighted by molar-refractivity contribution is 6.21. The molecule has 0 saturated heterocycles. The van der Waals surface area contributed by atoms with Crippen LogP contribution in [0.4, 0.5) is 0 Å². The van der Waals surface area contributed by atoms with Gasteiger partial charge in [-0.1, -0.05) is 31.4 Å². The van der Waals surface area contributed by atoms with Crippen LogP contribution in [0.1, 0.15) is 59.2 Å². The van der Waals surface area contributed by atoms with E-state index in [1.54, 1.807) is 24.3 Å². The maximum atomic E-state index is 12.2. The summed E-state index contributed by atoms with van der Waals surface area (Å²) in [5.41, 5.74) is 0.690. The highest BCUT2D eigenvalue weighted by atomic mass is 16.5. The van der Waals surface area contributed by atoms with E-state index < -0.39 is 17.8 Å². The zero-order valence-electron chi connectivity index (χ0n) is 14.5. The third-order valence-electron chi connectivity index (χ3n) is 4.75. The molecule has 138 valence electrons. The zero-order chi connectivity index (χ0) is 18.5. The standard InChI is InChI=1S/C19H22N2O5/c22-16(20-13-6-2-1-3-7-13)12-26-17(23)10-11-21-18(24)14-8-4-5-9-15(14)19(21)25/h4-5,8-9,13H,1-3,6-7,10-12H2,(H,20,22). The van der Waals surface area contributed by atoms with Crippen LogP contribution in [0, 0.1) is 0 Å². The highest BCUT2D eigenvalue weighted by Crippen LogP contribution is 2.22. The first-order chi connectivity index (χ1) is 12.6. The molecule has 26 heavy (non-hydrogen) atoms. The SMILES string of the molecule is O=C(COC(=O)CCN1C(=O)c2ccccc2C1=O)NC1CCCCC1. The minimum absolute atomic E-state index is 0.0601. The number of imide groups is 1. The molecule has 3 amide bonds. The summed E-state index contributed by atoms with van der Waals surface area (Å²) in [5, 5.41) is 2.86. The first-order valence-corrected chi connectivity index (χ1v) is 8.96. The summed E-state index contributed by atoms with van der Waals surface area (Å²) in [6, 6.07) is 6.71. The molecular formula is C19H22N2O5. The Balaban J connectivity index is 1.41. The summed E-state index contributed by atoms with van der Waals surface area (Å²) in [4.78, 5) is 49.1. The molecule has 2 aliphatic rings. The Morgan fingerprint density at radius 1 is 1.04 bits per heavy atom. The molecule has 7 nitrogen and oxygen atoms in total. The lowest BCUT2D eigenvalue weighted by atomic mass is 9.95. The number of ether oxygens (including phenoxy) is 1. The van der Waals surface area contributed by atoms with Crippen LogP contribution >= 0.6 is 0 Å². The molecule has 0 spiro atoms. The number of benzene rings is 1. The molecule has 1 fully saturated rings. The van der Waals surface area contributed by atoms with Gasteiger partial charge in [0.15, 0.2) is 6.61 Å². The minimum Gasteiger partial charge on any atom is -0.456 e. The van der Waals surface area contributed by atoms with Gasteiger partial charge in [0.2, 0.25) is 0 Å². The lowest BCUT2D eigenvalue weighted by molar-refractivity contribution is -0.148. The summed E-state index contributed by atoms with van der Waals surface area (Å²) >= 11 is 0. The Kier molecular flexibility index (Phi) is 5.65. The predicted molar refractivity (Wildman–Crippen MR) is 92.4 cm³/mol. The van der Waals surface area contributed by atoms with Gasteiger partial charge in [-0.3, -0.25) is 24.1 Å². The van der Waals surface area contributed by atoms with Crippen molar-refractivity contribution >= 4 is 23.7 Å². The van der Waals surface area contributed by atoms with E-state index in [-0.39, 0.29) is 31.5 Å². The van der Waals surface area contributed by atoms with Gasteiger partial charge in [-0.15, -0.1) is 0 Å². The Hall–Kier alpha value is -2.70. The third-order valence-corrected chi connectivity index (χ3v) is 4.75. The number of carbonyl (C=O) groups excluding carboxylic acids is 4. The van der Waals surface area contributed by atoms with Crippen molar-refractivity contribution in [1.29, 1.82) is 0 Å². The van der Waals surface area contributed by atoms with Crippen molar-refractivity contribution in [2.45, 2.75) is 44.6 Å². The molecule has 1 N–H and O–H groups in total. The first-order valence-electron chi connectivity index (χ1n) is 8.96. The molecule has 0 atom stereocenters. The van der Waals surface area contributed by atoms with Crippen LogP contribution in [-0.2, 0) is 14.3 Å². The Labute approximate surface area is 151 Å². The van der Waals surface area contributed by atoms with Crippen LogP contribution < -0.4 is 5.32 Å².